The standard InChI is InChI=1S/C16H25NOS/c1-18-15-7-9-16(10-8-15)19-14-6-5-13-17-11-3-2-4-12-17/h7-10H,2-6,11-14H2,1H3. The number of piperidine rings is 1. The van der Waals surface area contributed by atoms with E-state index in [0.717, 1.165) is 5.75 Å². The number of benzene rings is 1. The van der Waals surface area contributed by atoms with Crippen molar-refractivity contribution in [1.29, 1.82) is 0 Å². The summed E-state index contributed by atoms with van der Waals surface area (Å²) in [5.41, 5.74) is 0. The van der Waals surface area contributed by atoms with Gasteiger partial charge in [0.2, 0.25) is 0 Å². The lowest BCUT2D eigenvalue weighted by Crippen LogP contribution is -2.30. The number of hydrogen-bond acceptors (Lipinski definition) is 3. The number of thioether (sulfide) groups is 1. The molecule has 0 saturated carbocycles. The van der Waals surface area contributed by atoms with Crippen LogP contribution in [0.2, 0.25) is 0 Å². The van der Waals surface area contributed by atoms with Gasteiger partial charge in [0.25, 0.3) is 0 Å². The minimum Gasteiger partial charge on any atom is -0.497 e. The van der Waals surface area contributed by atoms with E-state index in [2.05, 4.69) is 17.0 Å². The van der Waals surface area contributed by atoms with Crippen LogP contribution < -0.4 is 4.74 Å². The average Bonchev–Trinajstić information content (AvgIpc) is 2.49. The van der Waals surface area contributed by atoms with E-state index in [9.17, 15) is 0 Å². The van der Waals surface area contributed by atoms with E-state index in [4.69, 9.17) is 4.74 Å². The maximum Gasteiger partial charge on any atom is 0.118 e. The van der Waals surface area contributed by atoms with Crippen molar-refractivity contribution >= 4 is 11.8 Å². The van der Waals surface area contributed by atoms with Crippen molar-refractivity contribution in [3.8, 4) is 5.75 Å². The summed E-state index contributed by atoms with van der Waals surface area (Å²) in [4.78, 5) is 3.97. The Morgan fingerprint density at radius 3 is 2.47 bits per heavy atom. The predicted molar refractivity (Wildman–Crippen MR) is 83.2 cm³/mol. The monoisotopic (exact) mass is 279 g/mol. The Kier molecular flexibility index (Phi) is 6.58. The molecule has 0 N–H and O–H groups in total. The van der Waals surface area contributed by atoms with Crippen LogP contribution in [0.15, 0.2) is 29.2 Å². The Labute approximate surface area is 121 Å². The minimum atomic E-state index is 0.939. The van der Waals surface area contributed by atoms with Gasteiger partial charge < -0.3 is 9.64 Å². The van der Waals surface area contributed by atoms with Crippen LogP contribution >= 0.6 is 11.8 Å². The first-order valence-corrected chi connectivity index (χ1v) is 8.36. The van der Waals surface area contributed by atoms with Crippen LogP contribution in [0.3, 0.4) is 0 Å². The maximum absolute atomic E-state index is 5.16. The van der Waals surface area contributed by atoms with Gasteiger partial charge in [0, 0.05) is 4.90 Å². The highest BCUT2D eigenvalue weighted by Crippen LogP contribution is 2.22. The number of methoxy groups -OCH3 is 1. The molecule has 19 heavy (non-hydrogen) atoms. The zero-order valence-electron chi connectivity index (χ0n) is 11.9. The predicted octanol–water partition coefficient (Wildman–Crippen LogP) is 4.05. The van der Waals surface area contributed by atoms with Gasteiger partial charge in [-0.2, -0.15) is 0 Å². The van der Waals surface area contributed by atoms with E-state index in [1.165, 1.54) is 62.4 Å². The van der Waals surface area contributed by atoms with Crippen LogP contribution in [-0.4, -0.2) is 37.4 Å². The van der Waals surface area contributed by atoms with Gasteiger partial charge in [-0.1, -0.05) is 6.42 Å². The molecule has 1 fully saturated rings. The number of ether oxygens (including phenoxy) is 1. The Bertz CT molecular complexity index is 346. The number of rotatable bonds is 7. The molecule has 3 heteroatoms. The lowest BCUT2D eigenvalue weighted by atomic mass is 10.1. The van der Waals surface area contributed by atoms with Gasteiger partial charge in [0.15, 0.2) is 0 Å². The summed E-state index contributed by atoms with van der Waals surface area (Å²) < 4.78 is 5.16. The smallest absolute Gasteiger partial charge is 0.118 e. The number of likely N-dealkylation sites (tertiary alicyclic amines) is 1. The Morgan fingerprint density at radius 2 is 1.79 bits per heavy atom. The van der Waals surface area contributed by atoms with E-state index in [0.29, 0.717) is 0 Å². The van der Waals surface area contributed by atoms with Gasteiger partial charge in [0.05, 0.1) is 7.11 Å². The van der Waals surface area contributed by atoms with Crippen LogP contribution in [0.5, 0.6) is 5.75 Å². The van der Waals surface area contributed by atoms with Crippen LogP contribution in [0.4, 0.5) is 0 Å². The summed E-state index contributed by atoms with van der Waals surface area (Å²) in [5.74, 6) is 2.16. The first-order chi connectivity index (χ1) is 9.38. The molecule has 2 nitrogen and oxygen atoms in total. The third kappa shape index (κ3) is 5.45. The van der Waals surface area contributed by atoms with Gasteiger partial charge in [-0.3, -0.25) is 0 Å². The lowest BCUT2D eigenvalue weighted by molar-refractivity contribution is 0.226. The van der Waals surface area contributed by atoms with E-state index in [-0.39, 0.29) is 0 Å². The van der Waals surface area contributed by atoms with E-state index >= 15 is 0 Å². The Hall–Kier alpha value is -0.670. The molecular weight excluding hydrogens is 254 g/mol. The molecule has 0 bridgehead atoms. The average molecular weight is 279 g/mol. The zero-order chi connectivity index (χ0) is 13.3. The fraction of sp³-hybridized carbons (Fsp3) is 0.625. The lowest BCUT2D eigenvalue weighted by Gasteiger charge is -2.26. The summed E-state index contributed by atoms with van der Waals surface area (Å²) in [5, 5.41) is 0. The van der Waals surface area contributed by atoms with E-state index < -0.39 is 0 Å². The van der Waals surface area contributed by atoms with Crippen LogP contribution in [0.25, 0.3) is 0 Å². The van der Waals surface area contributed by atoms with Crippen molar-refractivity contribution in [2.24, 2.45) is 0 Å². The first-order valence-electron chi connectivity index (χ1n) is 7.38. The molecule has 1 aliphatic rings. The van der Waals surface area contributed by atoms with Crippen molar-refractivity contribution in [2.75, 3.05) is 32.5 Å². The van der Waals surface area contributed by atoms with Crippen LogP contribution in [0.1, 0.15) is 32.1 Å². The second kappa shape index (κ2) is 8.49. The van der Waals surface area contributed by atoms with E-state index in [1.54, 1.807) is 7.11 Å². The minimum absolute atomic E-state index is 0.939. The van der Waals surface area contributed by atoms with E-state index in [1.807, 2.05) is 23.9 Å². The molecule has 1 saturated heterocycles. The van der Waals surface area contributed by atoms with Gasteiger partial charge in [-0.05, 0) is 75.3 Å². The Morgan fingerprint density at radius 1 is 1.05 bits per heavy atom. The van der Waals surface area contributed by atoms with Gasteiger partial charge in [0.1, 0.15) is 5.75 Å². The molecule has 2 rings (SSSR count). The summed E-state index contributed by atoms with van der Waals surface area (Å²) in [6.07, 6.45) is 6.89. The number of nitrogens with zero attached hydrogens (tertiary/aromatic N) is 1. The first kappa shape index (κ1) is 14.7. The molecule has 1 aromatic carbocycles. The molecular formula is C16H25NOS. The van der Waals surface area contributed by atoms with Crippen molar-refractivity contribution in [1.82, 2.24) is 4.90 Å². The normalized spacial score (nSPS) is 16.5. The third-order valence-corrected chi connectivity index (χ3v) is 4.74. The SMILES string of the molecule is COc1ccc(SCCCCN2CCCCC2)cc1. The second-order valence-corrected chi connectivity index (χ2v) is 6.30. The van der Waals surface area contributed by atoms with Crippen molar-refractivity contribution < 1.29 is 4.74 Å². The second-order valence-electron chi connectivity index (χ2n) is 5.13. The highest BCUT2D eigenvalue weighted by Gasteiger charge is 2.08. The molecule has 1 aliphatic heterocycles. The highest BCUT2D eigenvalue weighted by atomic mass is 32.2. The molecule has 0 spiro atoms. The van der Waals surface area contributed by atoms with Crippen molar-refractivity contribution in [3.63, 3.8) is 0 Å². The molecule has 0 aliphatic carbocycles. The quantitative estimate of drug-likeness (QED) is 0.552. The molecule has 0 radical (unpaired) electrons. The summed E-state index contributed by atoms with van der Waals surface area (Å²) in [6.45, 7) is 3.94. The third-order valence-electron chi connectivity index (χ3n) is 3.65. The van der Waals surface area contributed by atoms with Gasteiger partial charge in [-0.15, -0.1) is 11.8 Å². The van der Waals surface area contributed by atoms with Crippen LogP contribution in [-0.2, 0) is 0 Å². The summed E-state index contributed by atoms with van der Waals surface area (Å²) in [6, 6.07) is 8.37. The fourth-order valence-corrected chi connectivity index (χ4v) is 3.40. The number of unbranched alkanes of at least 4 members (excludes halogenated alkanes) is 1. The molecule has 1 heterocycles. The molecule has 106 valence electrons. The molecule has 0 aromatic heterocycles. The molecule has 0 unspecified atom stereocenters. The maximum atomic E-state index is 5.16. The fourth-order valence-electron chi connectivity index (χ4n) is 2.48. The molecule has 0 amide bonds. The highest BCUT2D eigenvalue weighted by molar-refractivity contribution is 7.99. The number of hydrogen-bond donors (Lipinski definition) is 0. The van der Waals surface area contributed by atoms with Crippen LogP contribution in [0, 0.1) is 0 Å². The molecule has 0 atom stereocenters. The molecule has 1 aromatic rings. The Balaban J connectivity index is 1.55. The topological polar surface area (TPSA) is 12.5 Å². The zero-order valence-corrected chi connectivity index (χ0v) is 12.8. The van der Waals surface area contributed by atoms with Gasteiger partial charge in [-0.25, -0.2) is 0 Å². The van der Waals surface area contributed by atoms with Crippen molar-refractivity contribution in [3.05, 3.63) is 24.3 Å². The summed E-state index contributed by atoms with van der Waals surface area (Å²) in [7, 11) is 1.71. The van der Waals surface area contributed by atoms with Gasteiger partial charge >= 0.3 is 0 Å². The largest absolute Gasteiger partial charge is 0.497 e. The summed E-state index contributed by atoms with van der Waals surface area (Å²) >= 11 is 1.95. The van der Waals surface area contributed by atoms with Crippen molar-refractivity contribution in [2.45, 2.75) is 37.0 Å².